The SMILES string of the molecule is CCC[C@@]1(OC)C(=O)OC(C)c2c1cc1n(c2=O)C(C)c2c-1nc1ccc(OC(=O)N3C(C)CC(N4C(C)CCCC4(C)C)C(C)C3(C)C)cc1c2C(C)C. The summed E-state index contributed by atoms with van der Waals surface area (Å²) in [6, 6.07) is 8.14. The zero-order valence-electron chi connectivity index (χ0n) is 35.3. The van der Waals surface area contributed by atoms with Gasteiger partial charge in [-0.15, -0.1) is 0 Å². The molecular weight excluding hydrogens is 693 g/mol. The second-order valence-electron chi connectivity index (χ2n) is 18.5. The molecule has 55 heavy (non-hydrogen) atoms. The van der Waals surface area contributed by atoms with E-state index in [1.165, 1.54) is 26.4 Å². The van der Waals surface area contributed by atoms with Crippen molar-refractivity contribution in [2.24, 2.45) is 5.92 Å². The quantitative estimate of drug-likeness (QED) is 0.230. The second-order valence-corrected chi connectivity index (χ2v) is 18.5. The van der Waals surface area contributed by atoms with Crippen LogP contribution < -0.4 is 10.3 Å². The molecule has 7 rings (SSSR count). The van der Waals surface area contributed by atoms with Crippen molar-refractivity contribution in [1.29, 1.82) is 0 Å². The Hall–Kier alpha value is -3.76. The van der Waals surface area contributed by atoms with Crippen molar-refractivity contribution in [1.82, 2.24) is 19.4 Å². The Morgan fingerprint density at radius 1 is 1.02 bits per heavy atom. The number of carbonyl (C=O) groups is 2. The van der Waals surface area contributed by atoms with Crippen LogP contribution in [0.4, 0.5) is 4.79 Å². The lowest BCUT2D eigenvalue weighted by Gasteiger charge is -2.60. The number of hydrogen-bond donors (Lipinski definition) is 0. The standard InChI is InChI=1S/C45H62N4O6/c1-14-19-45(53-13)32-23-35-39-37(28(7)47(35)40(50)38(32)29(8)54-41(45)51)36(24(2)3)31-22-30(17-18-33(31)46-39)55-42(52)49-26(5)21-34(27(6)44(49,11)12)48-25(4)16-15-20-43(48,9)10/h17-18,22-29,34H,14-16,19-21H2,1-13H3/t25?,26?,27?,28?,29?,34?,45-/m0/s1. The van der Waals surface area contributed by atoms with E-state index >= 15 is 0 Å². The highest BCUT2D eigenvalue weighted by Crippen LogP contribution is 2.49. The van der Waals surface area contributed by atoms with E-state index in [9.17, 15) is 14.4 Å². The number of nitrogens with zero attached hydrogens (tertiary/aromatic N) is 4. The first kappa shape index (κ1) is 39.5. The Labute approximate surface area is 326 Å². The number of hydrogen-bond acceptors (Lipinski definition) is 8. The van der Waals surface area contributed by atoms with Crippen LogP contribution >= 0.6 is 0 Å². The highest BCUT2D eigenvalue weighted by Gasteiger charge is 2.53. The van der Waals surface area contributed by atoms with Crippen LogP contribution in [-0.4, -0.2) is 67.7 Å². The molecule has 4 aliphatic heterocycles. The Morgan fingerprint density at radius 3 is 2.36 bits per heavy atom. The molecule has 298 valence electrons. The molecule has 0 saturated carbocycles. The summed E-state index contributed by atoms with van der Waals surface area (Å²) in [7, 11) is 1.51. The number of methoxy groups -OCH3 is 1. The molecule has 10 nitrogen and oxygen atoms in total. The van der Waals surface area contributed by atoms with Gasteiger partial charge in [-0.2, -0.15) is 0 Å². The van der Waals surface area contributed by atoms with E-state index in [-0.39, 0.29) is 41.1 Å². The maximum atomic E-state index is 14.5. The fourth-order valence-electron chi connectivity index (χ4n) is 11.3. The van der Waals surface area contributed by atoms with Crippen molar-refractivity contribution < 1.29 is 23.8 Å². The summed E-state index contributed by atoms with van der Waals surface area (Å²) < 4.78 is 19.8. The predicted octanol–water partition coefficient (Wildman–Crippen LogP) is 9.40. The van der Waals surface area contributed by atoms with Gasteiger partial charge >= 0.3 is 12.1 Å². The van der Waals surface area contributed by atoms with Crippen LogP contribution in [0, 0.1) is 5.92 Å². The molecule has 3 aromatic rings. The Bertz CT molecular complexity index is 2100. The minimum atomic E-state index is -1.37. The molecule has 7 atom stereocenters. The number of cyclic esters (lactones) is 1. The van der Waals surface area contributed by atoms with Crippen LogP contribution in [0.15, 0.2) is 29.1 Å². The van der Waals surface area contributed by atoms with Gasteiger partial charge in [-0.3, -0.25) is 19.2 Å². The zero-order chi connectivity index (χ0) is 40.1. The van der Waals surface area contributed by atoms with E-state index in [1.807, 2.05) is 43.0 Å². The largest absolute Gasteiger partial charge is 0.455 e. The number of carbonyl (C=O) groups excluding carboxylic acids is 2. The van der Waals surface area contributed by atoms with Crippen molar-refractivity contribution in [3.63, 3.8) is 0 Å². The smallest absolute Gasteiger partial charge is 0.415 e. The first-order valence-electron chi connectivity index (χ1n) is 20.7. The molecule has 2 saturated heterocycles. The number of pyridine rings is 2. The highest BCUT2D eigenvalue weighted by atomic mass is 16.6. The molecule has 2 aromatic heterocycles. The van der Waals surface area contributed by atoms with E-state index in [0.717, 1.165) is 34.1 Å². The summed E-state index contributed by atoms with van der Waals surface area (Å²) >= 11 is 0. The minimum absolute atomic E-state index is 0.00804. The molecule has 1 amide bonds. The normalized spacial score (nSPS) is 29.9. The van der Waals surface area contributed by atoms with Crippen LogP contribution in [0.5, 0.6) is 5.75 Å². The number of piperidine rings is 2. The van der Waals surface area contributed by atoms with Crippen molar-refractivity contribution in [2.75, 3.05) is 7.11 Å². The summed E-state index contributed by atoms with van der Waals surface area (Å²) in [5, 5.41) is 0.890. The third-order valence-electron chi connectivity index (χ3n) is 14.0. The summed E-state index contributed by atoms with van der Waals surface area (Å²) in [6.07, 6.45) is 4.54. The molecule has 10 heteroatoms. The van der Waals surface area contributed by atoms with Gasteiger partial charge in [-0.25, -0.2) is 14.6 Å². The fraction of sp³-hybridized carbons (Fsp3) is 0.644. The number of amides is 1. The molecule has 2 fully saturated rings. The number of fused-ring (bicyclic) bond motifs is 5. The molecule has 6 heterocycles. The molecule has 6 unspecified atom stereocenters. The Kier molecular flexibility index (Phi) is 9.84. The summed E-state index contributed by atoms with van der Waals surface area (Å²) in [6.45, 7) is 26.0. The van der Waals surface area contributed by atoms with Crippen molar-refractivity contribution in [3.05, 3.63) is 56.9 Å². The van der Waals surface area contributed by atoms with E-state index in [4.69, 9.17) is 19.2 Å². The molecule has 0 aliphatic carbocycles. The molecule has 1 aromatic carbocycles. The van der Waals surface area contributed by atoms with E-state index in [0.29, 0.717) is 47.5 Å². The lowest BCUT2D eigenvalue weighted by molar-refractivity contribution is -0.182. The van der Waals surface area contributed by atoms with Crippen LogP contribution in [-0.2, 0) is 19.9 Å². The van der Waals surface area contributed by atoms with Gasteiger partial charge in [0.25, 0.3) is 5.56 Å². The predicted molar refractivity (Wildman–Crippen MR) is 216 cm³/mol. The Morgan fingerprint density at radius 2 is 1.73 bits per heavy atom. The van der Waals surface area contributed by atoms with E-state index < -0.39 is 23.2 Å². The third-order valence-corrected chi connectivity index (χ3v) is 14.0. The molecule has 0 radical (unpaired) electrons. The van der Waals surface area contributed by atoms with Crippen molar-refractivity contribution in [2.45, 2.75) is 174 Å². The van der Waals surface area contributed by atoms with Crippen molar-refractivity contribution >= 4 is 23.0 Å². The monoisotopic (exact) mass is 754 g/mol. The Balaban J connectivity index is 1.26. The van der Waals surface area contributed by atoms with Crippen LogP contribution in [0.2, 0.25) is 0 Å². The maximum absolute atomic E-state index is 14.5. The molecule has 0 N–H and O–H groups in total. The van der Waals surface area contributed by atoms with Crippen LogP contribution in [0.1, 0.15) is 162 Å². The topological polar surface area (TPSA) is 103 Å². The van der Waals surface area contributed by atoms with Gasteiger partial charge in [0.1, 0.15) is 11.9 Å². The van der Waals surface area contributed by atoms with Gasteiger partial charge in [0.05, 0.1) is 28.5 Å². The number of esters is 1. The molecular formula is C45H62N4O6. The van der Waals surface area contributed by atoms with Gasteiger partial charge in [0, 0.05) is 52.8 Å². The molecule has 4 aliphatic rings. The second kappa shape index (κ2) is 13.7. The fourth-order valence-corrected chi connectivity index (χ4v) is 11.3. The third kappa shape index (κ3) is 5.86. The summed E-state index contributed by atoms with van der Waals surface area (Å²) in [5.41, 5.74) is 3.29. The van der Waals surface area contributed by atoms with Crippen LogP contribution in [0.3, 0.4) is 0 Å². The summed E-state index contributed by atoms with van der Waals surface area (Å²) in [5.74, 6) is 0.290. The average Bonchev–Trinajstić information content (AvgIpc) is 3.37. The van der Waals surface area contributed by atoms with Gasteiger partial charge in [0.2, 0.25) is 0 Å². The van der Waals surface area contributed by atoms with Crippen LogP contribution in [0.25, 0.3) is 22.3 Å². The minimum Gasteiger partial charge on any atom is -0.455 e. The first-order chi connectivity index (χ1) is 25.8. The van der Waals surface area contributed by atoms with E-state index in [1.54, 1.807) is 11.5 Å². The molecule has 0 spiro atoms. The van der Waals surface area contributed by atoms with Gasteiger partial charge in [-0.1, -0.05) is 40.5 Å². The van der Waals surface area contributed by atoms with Gasteiger partial charge in [0.15, 0.2) is 5.60 Å². The number of rotatable bonds is 6. The maximum Gasteiger partial charge on any atom is 0.415 e. The zero-order valence-corrected chi connectivity index (χ0v) is 35.3. The lowest BCUT2D eigenvalue weighted by atomic mass is 9.71. The number of aromatic nitrogens is 2. The number of benzene rings is 1. The van der Waals surface area contributed by atoms with Gasteiger partial charge < -0.3 is 14.2 Å². The first-order valence-corrected chi connectivity index (χ1v) is 20.7. The number of ether oxygens (including phenoxy) is 3. The summed E-state index contributed by atoms with van der Waals surface area (Å²) in [4.78, 5) is 52.1. The molecule has 0 bridgehead atoms. The lowest BCUT2D eigenvalue weighted by Crippen LogP contribution is -2.69. The van der Waals surface area contributed by atoms with Gasteiger partial charge in [-0.05, 0) is 123 Å². The number of likely N-dealkylation sites (tertiary alicyclic amines) is 2. The van der Waals surface area contributed by atoms with E-state index in [2.05, 4.69) is 67.2 Å². The average molecular weight is 755 g/mol. The van der Waals surface area contributed by atoms with Crippen molar-refractivity contribution in [3.8, 4) is 17.1 Å². The highest BCUT2D eigenvalue weighted by molar-refractivity contribution is 5.91.